The van der Waals surface area contributed by atoms with Gasteiger partial charge in [-0.15, -0.1) is 0 Å². The van der Waals surface area contributed by atoms with Crippen LogP contribution < -0.4 is 10.5 Å². The molecular formula is C10H14FNO. The molecule has 0 aliphatic heterocycles. The largest absolute Gasteiger partial charge is 0.496 e. The Balaban J connectivity index is 3.21. The minimum absolute atomic E-state index is 0.207. The Kier molecular flexibility index (Phi) is 3.25. The second-order valence-corrected chi connectivity index (χ2v) is 2.96. The van der Waals surface area contributed by atoms with Crippen molar-refractivity contribution in [2.75, 3.05) is 7.11 Å². The van der Waals surface area contributed by atoms with Crippen molar-refractivity contribution in [2.24, 2.45) is 5.73 Å². The van der Waals surface area contributed by atoms with E-state index >= 15 is 0 Å². The van der Waals surface area contributed by atoms with Gasteiger partial charge >= 0.3 is 0 Å². The maximum absolute atomic E-state index is 12.6. The van der Waals surface area contributed by atoms with E-state index in [-0.39, 0.29) is 6.04 Å². The average Bonchev–Trinajstić information content (AvgIpc) is 2.16. The van der Waals surface area contributed by atoms with Gasteiger partial charge in [-0.05, 0) is 18.6 Å². The lowest BCUT2D eigenvalue weighted by molar-refractivity contribution is 0.402. The van der Waals surface area contributed by atoms with Crippen molar-refractivity contribution < 1.29 is 9.13 Å². The zero-order valence-corrected chi connectivity index (χ0v) is 7.88. The van der Waals surface area contributed by atoms with Gasteiger partial charge in [0, 0.05) is 11.6 Å². The summed E-state index contributed by atoms with van der Waals surface area (Å²) in [5.74, 6) is 0.658. The molecule has 1 aromatic rings. The molecule has 0 heterocycles. The van der Waals surface area contributed by atoms with Gasteiger partial charge in [-0.1, -0.05) is 12.1 Å². The van der Waals surface area contributed by atoms with Crippen LogP contribution in [0.3, 0.4) is 0 Å². The normalized spacial score (nSPS) is 12.6. The molecule has 0 saturated heterocycles. The van der Waals surface area contributed by atoms with E-state index in [0.29, 0.717) is 11.3 Å². The van der Waals surface area contributed by atoms with Crippen LogP contribution in [0.2, 0.25) is 0 Å². The second-order valence-electron chi connectivity index (χ2n) is 2.96. The Labute approximate surface area is 77.5 Å². The summed E-state index contributed by atoms with van der Waals surface area (Å²) in [7, 11) is 1.56. The standard InChI is InChI=1S/C10H14FNO/c1-7(12)10-8(6-11)4-3-5-9(10)13-2/h3-5,7H,6,12H2,1-2H3. The van der Waals surface area contributed by atoms with Crippen molar-refractivity contribution >= 4 is 0 Å². The van der Waals surface area contributed by atoms with E-state index in [1.165, 1.54) is 0 Å². The van der Waals surface area contributed by atoms with E-state index in [1.54, 1.807) is 25.3 Å². The highest BCUT2D eigenvalue weighted by Crippen LogP contribution is 2.27. The zero-order valence-electron chi connectivity index (χ0n) is 7.88. The van der Waals surface area contributed by atoms with Crippen molar-refractivity contribution in [3.05, 3.63) is 29.3 Å². The van der Waals surface area contributed by atoms with Gasteiger partial charge in [-0.2, -0.15) is 0 Å². The fraction of sp³-hybridized carbons (Fsp3) is 0.400. The lowest BCUT2D eigenvalue weighted by Crippen LogP contribution is -2.09. The maximum Gasteiger partial charge on any atom is 0.123 e. The molecule has 0 aliphatic carbocycles. The third-order valence-electron chi connectivity index (χ3n) is 1.98. The summed E-state index contributed by atoms with van der Waals surface area (Å²) >= 11 is 0. The minimum Gasteiger partial charge on any atom is -0.496 e. The fourth-order valence-corrected chi connectivity index (χ4v) is 1.40. The molecule has 13 heavy (non-hydrogen) atoms. The van der Waals surface area contributed by atoms with Crippen LogP contribution in [0.5, 0.6) is 5.75 Å². The van der Waals surface area contributed by atoms with Gasteiger partial charge in [0.05, 0.1) is 7.11 Å². The number of alkyl halides is 1. The molecule has 0 aromatic heterocycles. The molecule has 0 aliphatic rings. The molecule has 1 aromatic carbocycles. The van der Waals surface area contributed by atoms with E-state index in [1.807, 2.05) is 6.92 Å². The Morgan fingerprint density at radius 3 is 2.69 bits per heavy atom. The fourth-order valence-electron chi connectivity index (χ4n) is 1.40. The number of halogens is 1. The average molecular weight is 183 g/mol. The molecule has 0 fully saturated rings. The van der Waals surface area contributed by atoms with Gasteiger partial charge in [0.15, 0.2) is 0 Å². The van der Waals surface area contributed by atoms with Gasteiger partial charge in [0.25, 0.3) is 0 Å². The lowest BCUT2D eigenvalue weighted by atomic mass is 10.0. The molecule has 1 rings (SSSR count). The molecule has 3 heteroatoms. The van der Waals surface area contributed by atoms with Crippen LogP contribution in [0.1, 0.15) is 24.1 Å². The van der Waals surface area contributed by atoms with Crippen molar-refractivity contribution in [1.29, 1.82) is 0 Å². The first-order valence-electron chi connectivity index (χ1n) is 4.18. The summed E-state index contributed by atoms with van der Waals surface area (Å²) in [5.41, 5.74) is 7.08. The van der Waals surface area contributed by atoms with Crippen molar-refractivity contribution in [1.82, 2.24) is 0 Å². The Morgan fingerprint density at radius 1 is 1.54 bits per heavy atom. The molecule has 2 N–H and O–H groups in total. The Morgan fingerprint density at radius 2 is 2.23 bits per heavy atom. The number of hydrogen-bond acceptors (Lipinski definition) is 2. The topological polar surface area (TPSA) is 35.2 Å². The summed E-state index contributed by atoms with van der Waals surface area (Å²) in [4.78, 5) is 0. The molecule has 2 nitrogen and oxygen atoms in total. The molecule has 72 valence electrons. The van der Waals surface area contributed by atoms with Crippen LogP contribution in [0.25, 0.3) is 0 Å². The van der Waals surface area contributed by atoms with Gasteiger partial charge in [-0.25, -0.2) is 4.39 Å². The van der Waals surface area contributed by atoms with Crippen molar-refractivity contribution in [3.8, 4) is 5.75 Å². The highest BCUT2D eigenvalue weighted by Gasteiger charge is 2.11. The number of rotatable bonds is 3. The summed E-state index contributed by atoms with van der Waals surface area (Å²) in [6.07, 6.45) is 0. The lowest BCUT2D eigenvalue weighted by Gasteiger charge is -2.14. The van der Waals surface area contributed by atoms with Crippen molar-refractivity contribution in [3.63, 3.8) is 0 Å². The highest BCUT2D eigenvalue weighted by molar-refractivity contribution is 5.41. The molecule has 1 unspecified atom stereocenters. The van der Waals surface area contributed by atoms with Crippen LogP contribution in [0.4, 0.5) is 4.39 Å². The minimum atomic E-state index is -0.506. The first-order chi connectivity index (χ1) is 6.20. The van der Waals surface area contributed by atoms with Gasteiger partial charge in [0.2, 0.25) is 0 Å². The molecule has 0 radical (unpaired) electrons. The number of methoxy groups -OCH3 is 1. The SMILES string of the molecule is COc1cccc(CF)c1C(C)N. The van der Waals surface area contributed by atoms with Gasteiger partial charge in [-0.3, -0.25) is 0 Å². The number of nitrogens with two attached hydrogens (primary N) is 1. The monoisotopic (exact) mass is 183 g/mol. The predicted molar refractivity (Wildman–Crippen MR) is 50.4 cm³/mol. The Hall–Kier alpha value is -1.09. The van der Waals surface area contributed by atoms with Gasteiger partial charge < -0.3 is 10.5 Å². The van der Waals surface area contributed by atoms with E-state index in [4.69, 9.17) is 10.5 Å². The third kappa shape index (κ3) is 1.98. The van der Waals surface area contributed by atoms with E-state index < -0.39 is 6.67 Å². The molecule has 0 amide bonds. The summed E-state index contributed by atoms with van der Waals surface area (Å²) in [5, 5.41) is 0. The Bertz CT molecular complexity index is 264. The van der Waals surface area contributed by atoms with Crippen LogP contribution in [-0.4, -0.2) is 7.11 Å². The first-order valence-corrected chi connectivity index (χ1v) is 4.18. The summed E-state index contributed by atoms with van der Waals surface area (Å²) < 4.78 is 17.7. The van der Waals surface area contributed by atoms with E-state index in [2.05, 4.69) is 0 Å². The van der Waals surface area contributed by atoms with Crippen LogP contribution >= 0.6 is 0 Å². The summed E-state index contributed by atoms with van der Waals surface area (Å²) in [6, 6.07) is 5.07. The van der Waals surface area contributed by atoms with Crippen LogP contribution in [0, 0.1) is 0 Å². The van der Waals surface area contributed by atoms with Crippen molar-refractivity contribution in [2.45, 2.75) is 19.6 Å². The third-order valence-corrected chi connectivity index (χ3v) is 1.98. The number of ether oxygens (including phenoxy) is 1. The number of benzene rings is 1. The zero-order chi connectivity index (χ0) is 9.84. The molecular weight excluding hydrogens is 169 g/mol. The van der Waals surface area contributed by atoms with Crippen LogP contribution in [-0.2, 0) is 6.67 Å². The van der Waals surface area contributed by atoms with Gasteiger partial charge in [0.1, 0.15) is 12.4 Å². The number of hydrogen-bond donors (Lipinski definition) is 1. The second kappa shape index (κ2) is 4.23. The first kappa shape index (κ1) is 9.99. The maximum atomic E-state index is 12.6. The van der Waals surface area contributed by atoms with E-state index in [0.717, 1.165) is 5.56 Å². The molecule has 1 atom stereocenters. The highest BCUT2D eigenvalue weighted by atomic mass is 19.1. The summed E-state index contributed by atoms with van der Waals surface area (Å²) in [6.45, 7) is 1.31. The quantitative estimate of drug-likeness (QED) is 0.779. The van der Waals surface area contributed by atoms with E-state index in [9.17, 15) is 4.39 Å². The predicted octanol–water partition coefficient (Wildman–Crippen LogP) is 2.18. The molecule has 0 spiro atoms. The molecule has 0 bridgehead atoms. The van der Waals surface area contributed by atoms with Crippen LogP contribution in [0.15, 0.2) is 18.2 Å². The smallest absolute Gasteiger partial charge is 0.123 e. The molecule has 0 saturated carbocycles.